The molecule has 0 radical (unpaired) electrons. The predicted octanol–water partition coefficient (Wildman–Crippen LogP) is 2.98. The van der Waals surface area contributed by atoms with Crippen molar-refractivity contribution in [3.8, 4) is 0 Å². The first-order valence-electron chi connectivity index (χ1n) is 7.06. The Bertz CT molecular complexity index is 774. The molecule has 2 heterocycles. The summed E-state index contributed by atoms with van der Waals surface area (Å²) in [5, 5.41) is 1.23. The van der Waals surface area contributed by atoms with E-state index in [0.29, 0.717) is 34.6 Å². The van der Waals surface area contributed by atoms with Gasteiger partial charge in [0.05, 0.1) is 0 Å². The van der Waals surface area contributed by atoms with E-state index in [2.05, 4.69) is 0 Å². The van der Waals surface area contributed by atoms with Gasteiger partial charge in [-0.15, -0.1) is 0 Å². The Morgan fingerprint density at radius 2 is 2.23 bits per heavy atom. The summed E-state index contributed by atoms with van der Waals surface area (Å²) in [6, 6.07) is 4.73. The van der Waals surface area contributed by atoms with Gasteiger partial charge in [-0.05, 0) is 37.5 Å². The van der Waals surface area contributed by atoms with E-state index in [9.17, 15) is 9.59 Å². The molecule has 5 nitrogen and oxygen atoms in total. The lowest BCUT2D eigenvalue weighted by molar-refractivity contribution is -0.155. The van der Waals surface area contributed by atoms with Crippen molar-refractivity contribution in [1.82, 2.24) is 0 Å². The van der Waals surface area contributed by atoms with Gasteiger partial charge in [0.25, 0.3) is 0 Å². The number of aryl methyl sites for hydroxylation is 1. The number of hydrogen-bond donors (Lipinski definition) is 0. The third-order valence-electron chi connectivity index (χ3n) is 3.67. The van der Waals surface area contributed by atoms with Crippen LogP contribution in [-0.2, 0) is 20.9 Å². The van der Waals surface area contributed by atoms with Crippen LogP contribution < -0.4 is 5.63 Å². The Kier molecular flexibility index (Phi) is 4.18. The number of fused-ring (bicyclic) bond motifs is 1. The lowest BCUT2D eigenvalue weighted by atomic mass is 10.1. The molecule has 1 aromatic heterocycles. The molecule has 1 saturated heterocycles. The fraction of sp³-hybridized carbons (Fsp3) is 0.375. The van der Waals surface area contributed by atoms with Crippen molar-refractivity contribution in [1.29, 1.82) is 0 Å². The van der Waals surface area contributed by atoms with Crippen molar-refractivity contribution >= 4 is 28.5 Å². The lowest BCUT2D eigenvalue weighted by Crippen LogP contribution is -2.22. The lowest BCUT2D eigenvalue weighted by Gasteiger charge is -2.11. The molecule has 1 atom stereocenters. The summed E-state index contributed by atoms with van der Waals surface area (Å²) in [5.74, 6) is -0.405. The largest absolute Gasteiger partial charge is 0.459 e. The zero-order chi connectivity index (χ0) is 15.7. The number of ether oxygens (including phenoxy) is 2. The Morgan fingerprint density at radius 1 is 1.41 bits per heavy atom. The Balaban J connectivity index is 1.87. The Morgan fingerprint density at radius 3 is 2.95 bits per heavy atom. The molecule has 1 aliphatic heterocycles. The maximum Gasteiger partial charge on any atom is 0.336 e. The van der Waals surface area contributed by atoms with Crippen LogP contribution in [0.25, 0.3) is 11.0 Å². The first-order valence-corrected chi connectivity index (χ1v) is 7.43. The van der Waals surface area contributed by atoms with Crippen LogP contribution in [0.2, 0.25) is 5.02 Å². The second kappa shape index (κ2) is 6.10. The minimum absolute atomic E-state index is 0.0137. The van der Waals surface area contributed by atoms with E-state index in [1.54, 1.807) is 12.1 Å². The summed E-state index contributed by atoms with van der Waals surface area (Å²) in [6.45, 7) is 2.39. The third-order valence-corrected chi connectivity index (χ3v) is 4.08. The molecule has 116 valence electrons. The summed E-state index contributed by atoms with van der Waals surface area (Å²) in [7, 11) is 0. The predicted molar refractivity (Wildman–Crippen MR) is 81.0 cm³/mol. The van der Waals surface area contributed by atoms with Gasteiger partial charge in [-0.1, -0.05) is 11.6 Å². The van der Waals surface area contributed by atoms with E-state index in [1.165, 1.54) is 6.07 Å². The number of esters is 1. The number of halogens is 1. The van der Waals surface area contributed by atoms with Gasteiger partial charge in [0, 0.05) is 28.6 Å². The molecule has 6 heteroatoms. The van der Waals surface area contributed by atoms with Gasteiger partial charge in [0.2, 0.25) is 0 Å². The zero-order valence-corrected chi connectivity index (χ0v) is 12.8. The van der Waals surface area contributed by atoms with Crippen molar-refractivity contribution in [2.75, 3.05) is 6.61 Å². The summed E-state index contributed by atoms with van der Waals surface area (Å²) in [4.78, 5) is 23.5. The van der Waals surface area contributed by atoms with Crippen LogP contribution in [0.1, 0.15) is 24.0 Å². The molecule has 0 saturated carbocycles. The second-order valence-electron chi connectivity index (χ2n) is 5.30. The van der Waals surface area contributed by atoms with Crippen LogP contribution in [0.3, 0.4) is 0 Å². The van der Waals surface area contributed by atoms with Gasteiger partial charge in [-0.2, -0.15) is 0 Å². The number of rotatable bonds is 3. The van der Waals surface area contributed by atoms with E-state index in [-0.39, 0.29) is 6.61 Å². The summed E-state index contributed by atoms with van der Waals surface area (Å²) >= 11 is 6.12. The van der Waals surface area contributed by atoms with Gasteiger partial charge < -0.3 is 13.9 Å². The molecule has 0 amide bonds. The van der Waals surface area contributed by atoms with Crippen molar-refractivity contribution in [3.63, 3.8) is 0 Å². The average molecular weight is 323 g/mol. The molecule has 0 aliphatic carbocycles. The van der Waals surface area contributed by atoms with Crippen LogP contribution in [-0.4, -0.2) is 18.7 Å². The fourth-order valence-electron chi connectivity index (χ4n) is 2.47. The van der Waals surface area contributed by atoms with E-state index < -0.39 is 17.7 Å². The molecule has 0 bridgehead atoms. The normalized spacial score (nSPS) is 17.8. The molecule has 1 aliphatic rings. The van der Waals surface area contributed by atoms with Crippen molar-refractivity contribution in [2.45, 2.75) is 32.5 Å². The average Bonchev–Trinajstić information content (AvgIpc) is 3.00. The van der Waals surface area contributed by atoms with Gasteiger partial charge in [-0.25, -0.2) is 9.59 Å². The number of carbonyl (C=O) groups is 1. The number of benzene rings is 1. The summed E-state index contributed by atoms with van der Waals surface area (Å²) < 4.78 is 15.7. The highest BCUT2D eigenvalue weighted by Crippen LogP contribution is 2.25. The van der Waals surface area contributed by atoms with E-state index in [1.807, 2.05) is 6.92 Å². The number of hydrogen-bond acceptors (Lipinski definition) is 5. The van der Waals surface area contributed by atoms with Crippen LogP contribution in [0, 0.1) is 6.92 Å². The summed E-state index contributed by atoms with van der Waals surface area (Å²) in [5.41, 5.74) is 1.32. The van der Waals surface area contributed by atoms with Crippen LogP contribution in [0.4, 0.5) is 0 Å². The molecule has 0 spiro atoms. The standard InChI is InChI=1S/C16H15ClO5/c1-9-5-14-11(7-12(9)17)10(6-15(18)22-14)8-21-16(19)13-3-2-4-20-13/h5-7,13H,2-4,8H2,1H3. The highest BCUT2D eigenvalue weighted by atomic mass is 35.5. The molecular formula is C16H15ClO5. The monoisotopic (exact) mass is 322 g/mol. The second-order valence-corrected chi connectivity index (χ2v) is 5.70. The van der Waals surface area contributed by atoms with E-state index in [0.717, 1.165) is 12.0 Å². The van der Waals surface area contributed by atoms with Crippen molar-refractivity contribution in [2.24, 2.45) is 0 Å². The van der Waals surface area contributed by atoms with Gasteiger partial charge >= 0.3 is 11.6 Å². The van der Waals surface area contributed by atoms with Crippen LogP contribution in [0.15, 0.2) is 27.4 Å². The minimum atomic E-state index is -0.503. The summed E-state index contributed by atoms with van der Waals surface area (Å²) in [6.07, 6.45) is 1.02. The van der Waals surface area contributed by atoms with E-state index >= 15 is 0 Å². The molecule has 1 unspecified atom stereocenters. The molecular weight excluding hydrogens is 308 g/mol. The van der Waals surface area contributed by atoms with E-state index in [4.69, 9.17) is 25.5 Å². The van der Waals surface area contributed by atoms with Gasteiger partial charge in [0.1, 0.15) is 12.2 Å². The molecule has 1 aromatic carbocycles. The Hall–Kier alpha value is -1.85. The smallest absolute Gasteiger partial charge is 0.336 e. The third kappa shape index (κ3) is 3.00. The van der Waals surface area contributed by atoms with Gasteiger partial charge in [0.15, 0.2) is 6.10 Å². The molecule has 3 rings (SSSR count). The highest BCUT2D eigenvalue weighted by Gasteiger charge is 2.25. The molecule has 1 fully saturated rings. The molecule has 2 aromatic rings. The van der Waals surface area contributed by atoms with Crippen molar-refractivity contribution < 1.29 is 18.7 Å². The molecule has 22 heavy (non-hydrogen) atoms. The maximum absolute atomic E-state index is 11.9. The van der Waals surface area contributed by atoms with Crippen LogP contribution >= 0.6 is 11.6 Å². The highest BCUT2D eigenvalue weighted by molar-refractivity contribution is 6.32. The fourth-order valence-corrected chi connectivity index (χ4v) is 2.64. The Labute approximate surface area is 131 Å². The minimum Gasteiger partial charge on any atom is -0.459 e. The molecule has 0 N–H and O–H groups in total. The maximum atomic E-state index is 11.9. The van der Waals surface area contributed by atoms with Gasteiger partial charge in [-0.3, -0.25) is 0 Å². The van der Waals surface area contributed by atoms with Crippen molar-refractivity contribution in [3.05, 3.63) is 44.8 Å². The van der Waals surface area contributed by atoms with Crippen LogP contribution in [0.5, 0.6) is 0 Å². The topological polar surface area (TPSA) is 65.7 Å². The number of carbonyl (C=O) groups excluding carboxylic acids is 1. The quantitative estimate of drug-likeness (QED) is 0.642. The SMILES string of the molecule is Cc1cc2oc(=O)cc(COC(=O)C3CCCO3)c2cc1Cl. The first-order chi connectivity index (χ1) is 10.5. The first kappa shape index (κ1) is 15.1. The zero-order valence-electron chi connectivity index (χ0n) is 12.1.